The average molecular weight is 160 g/mol. The van der Waals surface area contributed by atoms with Gasteiger partial charge in [-0.1, -0.05) is 13.0 Å². The Morgan fingerprint density at radius 2 is 2.17 bits per heavy atom. The van der Waals surface area contributed by atoms with Crippen LogP contribution < -0.4 is 0 Å². The minimum atomic E-state index is 1.03. The Morgan fingerprint density at radius 1 is 1.33 bits per heavy atom. The molecule has 1 heterocycles. The Morgan fingerprint density at radius 3 is 2.92 bits per heavy atom. The van der Waals surface area contributed by atoms with Crippen molar-refractivity contribution in [3.05, 3.63) is 35.6 Å². The van der Waals surface area contributed by atoms with Gasteiger partial charge in [0.1, 0.15) is 5.58 Å². The molecule has 0 N–H and O–H groups in total. The Kier molecular flexibility index (Phi) is 1.65. The summed E-state index contributed by atoms with van der Waals surface area (Å²) in [6.07, 6.45) is 2.79. The van der Waals surface area contributed by atoms with Gasteiger partial charge in [-0.05, 0) is 36.6 Å². The summed E-state index contributed by atoms with van der Waals surface area (Å²) in [5.74, 6) is 0. The second-order valence-electron chi connectivity index (χ2n) is 3.12. The van der Waals surface area contributed by atoms with Crippen LogP contribution in [0.1, 0.15) is 18.1 Å². The van der Waals surface area contributed by atoms with Crippen molar-refractivity contribution >= 4 is 11.0 Å². The Balaban J connectivity index is 2.80. The summed E-state index contributed by atoms with van der Waals surface area (Å²) in [6, 6.07) is 6.35. The van der Waals surface area contributed by atoms with Crippen molar-refractivity contribution in [2.75, 3.05) is 0 Å². The van der Waals surface area contributed by atoms with Crippen LogP contribution in [0.25, 0.3) is 11.0 Å². The van der Waals surface area contributed by atoms with Crippen molar-refractivity contribution in [3.63, 3.8) is 0 Å². The minimum Gasteiger partial charge on any atom is -0.464 e. The summed E-state index contributed by atoms with van der Waals surface area (Å²) < 4.78 is 5.39. The lowest BCUT2D eigenvalue weighted by molar-refractivity contribution is 0.611. The van der Waals surface area contributed by atoms with Crippen molar-refractivity contribution in [3.8, 4) is 0 Å². The smallest absolute Gasteiger partial charge is 0.137 e. The summed E-state index contributed by atoms with van der Waals surface area (Å²) in [6.45, 7) is 4.27. The fourth-order valence-corrected chi connectivity index (χ4v) is 1.58. The zero-order valence-corrected chi connectivity index (χ0v) is 7.42. The van der Waals surface area contributed by atoms with E-state index in [1.54, 1.807) is 6.26 Å². The number of aryl methyl sites for hydroxylation is 2. The molecule has 1 heteroatoms. The van der Waals surface area contributed by atoms with Crippen molar-refractivity contribution in [2.24, 2.45) is 0 Å². The minimum absolute atomic E-state index is 1.03. The van der Waals surface area contributed by atoms with Gasteiger partial charge in [-0.15, -0.1) is 0 Å². The highest BCUT2D eigenvalue weighted by atomic mass is 16.3. The quantitative estimate of drug-likeness (QED) is 0.623. The standard InChI is InChI=1S/C11H12O/c1-3-9-6-8(2)7-10-4-5-12-11(9)10/h4-7H,3H2,1-2H3. The van der Waals surface area contributed by atoms with E-state index in [-0.39, 0.29) is 0 Å². The van der Waals surface area contributed by atoms with Crippen LogP contribution in [0.3, 0.4) is 0 Å². The molecule has 1 aromatic heterocycles. The lowest BCUT2D eigenvalue weighted by Gasteiger charge is -1.99. The molecular weight excluding hydrogens is 148 g/mol. The monoisotopic (exact) mass is 160 g/mol. The van der Waals surface area contributed by atoms with E-state index in [0.29, 0.717) is 0 Å². The second kappa shape index (κ2) is 2.67. The highest BCUT2D eigenvalue weighted by molar-refractivity contribution is 5.81. The fourth-order valence-electron chi connectivity index (χ4n) is 1.58. The highest BCUT2D eigenvalue weighted by Gasteiger charge is 2.02. The number of rotatable bonds is 1. The van der Waals surface area contributed by atoms with Crippen LogP contribution in [-0.4, -0.2) is 0 Å². The first-order valence-corrected chi connectivity index (χ1v) is 4.28. The maximum atomic E-state index is 5.39. The summed E-state index contributed by atoms with van der Waals surface area (Å²) in [5.41, 5.74) is 3.65. The van der Waals surface area contributed by atoms with Gasteiger partial charge in [-0.3, -0.25) is 0 Å². The van der Waals surface area contributed by atoms with E-state index in [9.17, 15) is 0 Å². The largest absolute Gasteiger partial charge is 0.464 e. The predicted molar refractivity (Wildman–Crippen MR) is 50.3 cm³/mol. The molecular formula is C11H12O. The van der Waals surface area contributed by atoms with E-state index in [1.807, 2.05) is 6.07 Å². The molecule has 0 spiro atoms. The second-order valence-corrected chi connectivity index (χ2v) is 3.12. The molecule has 12 heavy (non-hydrogen) atoms. The zero-order chi connectivity index (χ0) is 8.55. The first-order valence-electron chi connectivity index (χ1n) is 4.28. The molecule has 0 fully saturated rings. The van der Waals surface area contributed by atoms with E-state index in [2.05, 4.69) is 26.0 Å². The van der Waals surface area contributed by atoms with Crippen LogP contribution in [0, 0.1) is 6.92 Å². The van der Waals surface area contributed by atoms with Crippen molar-refractivity contribution in [1.82, 2.24) is 0 Å². The van der Waals surface area contributed by atoms with Crippen LogP contribution in [-0.2, 0) is 6.42 Å². The van der Waals surface area contributed by atoms with Gasteiger partial charge in [-0.2, -0.15) is 0 Å². The Labute approximate surface area is 72.0 Å². The highest BCUT2D eigenvalue weighted by Crippen LogP contribution is 2.22. The first-order chi connectivity index (χ1) is 5.81. The van der Waals surface area contributed by atoms with E-state index in [0.717, 1.165) is 12.0 Å². The number of furan rings is 1. The van der Waals surface area contributed by atoms with Gasteiger partial charge in [-0.25, -0.2) is 0 Å². The molecule has 0 bridgehead atoms. The van der Waals surface area contributed by atoms with Crippen LogP contribution >= 0.6 is 0 Å². The molecule has 62 valence electrons. The molecule has 1 aromatic carbocycles. The van der Waals surface area contributed by atoms with E-state index in [4.69, 9.17) is 4.42 Å². The molecule has 0 atom stereocenters. The number of benzene rings is 1. The molecule has 0 unspecified atom stereocenters. The molecule has 0 amide bonds. The Hall–Kier alpha value is -1.24. The maximum Gasteiger partial charge on any atom is 0.137 e. The van der Waals surface area contributed by atoms with Gasteiger partial charge in [0.15, 0.2) is 0 Å². The topological polar surface area (TPSA) is 13.1 Å². The lowest BCUT2D eigenvalue weighted by Crippen LogP contribution is -1.82. The van der Waals surface area contributed by atoms with E-state index in [1.165, 1.54) is 16.5 Å². The maximum absolute atomic E-state index is 5.39. The molecule has 0 saturated carbocycles. The van der Waals surface area contributed by atoms with E-state index < -0.39 is 0 Å². The molecule has 0 saturated heterocycles. The van der Waals surface area contributed by atoms with Gasteiger partial charge in [0, 0.05) is 5.39 Å². The normalized spacial score (nSPS) is 10.8. The van der Waals surface area contributed by atoms with Crippen LogP contribution in [0.4, 0.5) is 0 Å². The predicted octanol–water partition coefficient (Wildman–Crippen LogP) is 3.30. The lowest BCUT2D eigenvalue weighted by atomic mass is 10.1. The molecule has 0 aliphatic heterocycles. The summed E-state index contributed by atoms with van der Waals surface area (Å²) in [5, 5.41) is 1.21. The van der Waals surface area contributed by atoms with Crippen molar-refractivity contribution < 1.29 is 4.42 Å². The zero-order valence-electron chi connectivity index (χ0n) is 7.42. The van der Waals surface area contributed by atoms with Crippen LogP contribution in [0.5, 0.6) is 0 Å². The molecule has 2 rings (SSSR count). The van der Waals surface area contributed by atoms with Gasteiger partial charge in [0.2, 0.25) is 0 Å². The molecule has 2 aromatic rings. The fraction of sp³-hybridized carbons (Fsp3) is 0.273. The third-order valence-electron chi connectivity index (χ3n) is 2.15. The number of hydrogen-bond donors (Lipinski definition) is 0. The Bertz CT molecular complexity index is 398. The average Bonchev–Trinajstić information content (AvgIpc) is 2.50. The van der Waals surface area contributed by atoms with E-state index >= 15 is 0 Å². The SMILES string of the molecule is CCc1cc(C)cc2ccoc12. The van der Waals surface area contributed by atoms with Gasteiger partial charge >= 0.3 is 0 Å². The summed E-state index contributed by atoms with van der Waals surface area (Å²) in [4.78, 5) is 0. The van der Waals surface area contributed by atoms with Gasteiger partial charge in [0.05, 0.1) is 6.26 Å². The number of hydrogen-bond acceptors (Lipinski definition) is 1. The third-order valence-corrected chi connectivity index (χ3v) is 2.15. The molecule has 0 radical (unpaired) electrons. The first kappa shape index (κ1) is 7.41. The van der Waals surface area contributed by atoms with Crippen molar-refractivity contribution in [1.29, 1.82) is 0 Å². The molecule has 1 nitrogen and oxygen atoms in total. The molecule has 0 aliphatic rings. The van der Waals surface area contributed by atoms with Crippen LogP contribution in [0.15, 0.2) is 28.9 Å². The van der Waals surface area contributed by atoms with Crippen molar-refractivity contribution in [2.45, 2.75) is 20.3 Å². The summed E-state index contributed by atoms with van der Waals surface area (Å²) >= 11 is 0. The summed E-state index contributed by atoms with van der Waals surface area (Å²) in [7, 11) is 0. The third kappa shape index (κ3) is 1.02. The van der Waals surface area contributed by atoms with Gasteiger partial charge < -0.3 is 4.42 Å². The molecule has 0 aliphatic carbocycles. The number of fused-ring (bicyclic) bond motifs is 1. The van der Waals surface area contributed by atoms with Crippen LogP contribution in [0.2, 0.25) is 0 Å². The van der Waals surface area contributed by atoms with Gasteiger partial charge in [0.25, 0.3) is 0 Å².